The van der Waals surface area contributed by atoms with Gasteiger partial charge in [0.2, 0.25) is 0 Å². The van der Waals surface area contributed by atoms with Gasteiger partial charge in [0.25, 0.3) is 0 Å². The standard InChI is InChI=1S/C9H13NO3/c1-2-5-10-9(8(11)12)4-3-6-13-7-9/h1,10H,3-7H2,(H,11,12). The molecule has 4 heteroatoms. The maximum absolute atomic E-state index is 11.0. The fourth-order valence-electron chi connectivity index (χ4n) is 1.40. The van der Waals surface area contributed by atoms with E-state index in [9.17, 15) is 4.79 Å². The van der Waals surface area contributed by atoms with Crippen molar-refractivity contribution in [2.24, 2.45) is 0 Å². The first kappa shape index (κ1) is 10.0. The predicted octanol–water partition coefficient (Wildman–Crippen LogP) is -0.157. The molecule has 13 heavy (non-hydrogen) atoms. The third-order valence-corrected chi connectivity index (χ3v) is 2.18. The van der Waals surface area contributed by atoms with Gasteiger partial charge in [0.05, 0.1) is 13.2 Å². The molecule has 0 bridgehead atoms. The molecule has 72 valence electrons. The lowest BCUT2D eigenvalue weighted by Gasteiger charge is -2.33. The van der Waals surface area contributed by atoms with Gasteiger partial charge >= 0.3 is 5.97 Å². The summed E-state index contributed by atoms with van der Waals surface area (Å²) in [6, 6.07) is 0. The third kappa shape index (κ3) is 2.20. The first-order valence-corrected chi connectivity index (χ1v) is 4.21. The number of rotatable bonds is 3. The summed E-state index contributed by atoms with van der Waals surface area (Å²) in [5, 5.41) is 11.8. The van der Waals surface area contributed by atoms with Crippen LogP contribution in [0.25, 0.3) is 0 Å². The van der Waals surface area contributed by atoms with E-state index in [0.717, 1.165) is 6.42 Å². The highest BCUT2D eigenvalue weighted by Gasteiger charge is 2.39. The van der Waals surface area contributed by atoms with Crippen LogP contribution in [0.4, 0.5) is 0 Å². The molecular weight excluding hydrogens is 170 g/mol. The van der Waals surface area contributed by atoms with Crippen molar-refractivity contribution in [1.29, 1.82) is 0 Å². The van der Waals surface area contributed by atoms with Crippen LogP contribution in [0.5, 0.6) is 0 Å². The molecule has 0 radical (unpaired) electrons. The van der Waals surface area contributed by atoms with Gasteiger partial charge in [0, 0.05) is 6.61 Å². The van der Waals surface area contributed by atoms with Gasteiger partial charge in [-0.2, -0.15) is 0 Å². The van der Waals surface area contributed by atoms with Gasteiger partial charge in [-0.25, -0.2) is 0 Å². The largest absolute Gasteiger partial charge is 0.480 e. The Morgan fingerprint density at radius 1 is 1.77 bits per heavy atom. The van der Waals surface area contributed by atoms with Crippen molar-refractivity contribution in [2.45, 2.75) is 18.4 Å². The molecule has 0 aromatic carbocycles. The summed E-state index contributed by atoms with van der Waals surface area (Å²) in [4.78, 5) is 11.0. The van der Waals surface area contributed by atoms with E-state index in [-0.39, 0.29) is 13.2 Å². The minimum absolute atomic E-state index is 0.198. The Balaban J connectivity index is 2.62. The van der Waals surface area contributed by atoms with Crippen LogP contribution in [0, 0.1) is 12.3 Å². The van der Waals surface area contributed by atoms with Crippen LogP contribution in [0.2, 0.25) is 0 Å². The summed E-state index contributed by atoms with van der Waals surface area (Å²) < 4.78 is 5.13. The smallest absolute Gasteiger partial charge is 0.326 e. The molecule has 2 N–H and O–H groups in total. The monoisotopic (exact) mass is 183 g/mol. The van der Waals surface area contributed by atoms with Gasteiger partial charge in [0.15, 0.2) is 0 Å². The second-order valence-electron chi connectivity index (χ2n) is 3.10. The van der Waals surface area contributed by atoms with Crippen LogP contribution >= 0.6 is 0 Å². The number of hydrogen-bond donors (Lipinski definition) is 2. The van der Waals surface area contributed by atoms with Crippen molar-refractivity contribution in [2.75, 3.05) is 19.8 Å². The summed E-state index contributed by atoms with van der Waals surface area (Å²) in [6.07, 6.45) is 6.39. The summed E-state index contributed by atoms with van der Waals surface area (Å²) in [6.45, 7) is 1.09. The number of terminal acetylenes is 1. The highest BCUT2D eigenvalue weighted by atomic mass is 16.5. The Hall–Kier alpha value is -1.05. The van der Waals surface area contributed by atoms with Crippen molar-refractivity contribution in [3.63, 3.8) is 0 Å². The average Bonchev–Trinajstić information content (AvgIpc) is 2.16. The second kappa shape index (κ2) is 4.26. The number of carboxylic acid groups (broad SMARTS) is 1. The molecule has 1 fully saturated rings. The zero-order chi connectivity index (χ0) is 9.73. The van der Waals surface area contributed by atoms with Crippen LogP contribution in [0.1, 0.15) is 12.8 Å². The summed E-state index contributed by atoms with van der Waals surface area (Å²) in [5.74, 6) is 1.48. The molecule has 0 amide bonds. The van der Waals surface area contributed by atoms with E-state index in [0.29, 0.717) is 13.0 Å². The molecule has 4 nitrogen and oxygen atoms in total. The number of nitrogens with one attached hydrogen (secondary N) is 1. The molecule has 0 aromatic heterocycles. The van der Waals surface area contributed by atoms with Gasteiger partial charge in [-0.05, 0) is 12.8 Å². The van der Waals surface area contributed by atoms with Crippen molar-refractivity contribution in [3.05, 3.63) is 0 Å². The van der Waals surface area contributed by atoms with Crippen LogP contribution in [0.3, 0.4) is 0 Å². The first-order chi connectivity index (χ1) is 6.21. The quantitative estimate of drug-likeness (QED) is 0.597. The van der Waals surface area contributed by atoms with Gasteiger partial charge in [0.1, 0.15) is 5.54 Å². The minimum atomic E-state index is -0.968. The molecule has 1 saturated heterocycles. The van der Waals surface area contributed by atoms with E-state index in [2.05, 4.69) is 11.2 Å². The molecule has 1 heterocycles. The Morgan fingerprint density at radius 2 is 2.54 bits per heavy atom. The lowest BCUT2D eigenvalue weighted by molar-refractivity contribution is -0.150. The predicted molar refractivity (Wildman–Crippen MR) is 47.3 cm³/mol. The van der Waals surface area contributed by atoms with Gasteiger partial charge in [-0.3, -0.25) is 10.1 Å². The first-order valence-electron chi connectivity index (χ1n) is 4.21. The zero-order valence-corrected chi connectivity index (χ0v) is 7.38. The molecule has 0 aromatic rings. The minimum Gasteiger partial charge on any atom is -0.480 e. The number of hydrogen-bond acceptors (Lipinski definition) is 3. The average molecular weight is 183 g/mol. The van der Waals surface area contributed by atoms with Crippen LogP contribution in [0.15, 0.2) is 0 Å². The van der Waals surface area contributed by atoms with E-state index in [1.54, 1.807) is 0 Å². The lowest BCUT2D eigenvalue weighted by atomic mass is 9.92. The second-order valence-corrected chi connectivity index (χ2v) is 3.10. The molecule has 0 saturated carbocycles. The van der Waals surface area contributed by atoms with Gasteiger partial charge in [-0.15, -0.1) is 6.42 Å². The molecular formula is C9H13NO3. The third-order valence-electron chi connectivity index (χ3n) is 2.18. The molecule has 1 aliphatic rings. The maximum atomic E-state index is 11.0. The molecule has 1 atom stereocenters. The number of carboxylic acids is 1. The highest BCUT2D eigenvalue weighted by molar-refractivity contribution is 5.79. The molecule has 1 unspecified atom stereocenters. The number of carbonyl (C=O) groups is 1. The summed E-state index contributed by atoms with van der Waals surface area (Å²) in [7, 11) is 0. The van der Waals surface area contributed by atoms with Gasteiger partial charge < -0.3 is 9.84 Å². The maximum Gasteiger partial charge on any atom is 0.326 e. The van der Waals surface area contributed by atoms with E-state index in [1.165, 1.54) is 0 Å². The molecule has 1 rings (SSSR count). The van der Waals surface area contributed by atoms with E-state index in [1.807, 2.05) is 0 Å². The highest BCUT2D eigenvalue weighted by Crippen LogP contribution is 2.19. The van der Waals surface area contributed by atoms with E-state index >= 15 is 0 Å². The Labute approximate surface area is 77.3 Å². The van der Waals surface area contributed by atoms with Crippen molar-refractivity contribution in [3.8, 4) is 12.3 Å². The SMILES string of the molecule is C#CCNC1(C(=O)O)CCCOC1. The van der Waals surface area contributed by atoms with Crippen LogP contribution in [-0.2, 0) is 9.53 Å². The number of ether oxygens (including phenoxy) is 1. The van der Waals surface area contributed by atoms with Crippen molar-refractivity contribution >= 4 is 5.97 Å². The fourth-order valence-corrected chi connectivity index (χ4v) is 1.40. The van der Waals surface area contributed by atoms with Gasteiger partial charge in [-0.1, -0.05) is 5.92 Å². The Bertz CT molecular complexity index is 226. The Kier molecular flexibility index (Phi) is 3.29. The van der Waals surface area contributed by atoms with Crippen LogP contribution in [-0.4, -0.2) is 36.4 Å². The molecule has 1 aliphatic heterocycles. The van der Waals surface area contributed by atoms with Crippen LogP contribution < -0.4 is 5.32 Å². The van der Waals surface area contributed by atoms with E-state index < -0.39 is 11.5 Å². The molecule has 0 aliphatic carbocycles. The lowest BCUT2D eigenvalue weighted by Crippen LogP contribution is -2.57. The van der Waals surface area contributed by atoms with E-state index in [4.69, 9.17) is 16.3 Å². The molecule has 0 spiro atoms. The van der Waals surface area contributed by atoms with Crippen molar-refractivity contribution < 1.29 is 14.6 Å². The Morgan fingerprint density at radius 3 is 3.00 bits per heavy atom. The summed E-state index contributed by atoms with van der Waals surface area (Å²) >= 11 is 0. The zero-order valence-electron chi connectivity index (χ0n) is 7.38. The topological polar surface area (TPSA) is 58.6 Å². The number of aliphatic carboxylic acids is 1. The van der Waals surface area contributed by atoms with Crippen molar-refractivity contribution in [1.82, 2.24) is 5.32 Å². The normalized spacial score (nSPS) is 27.9. The fraction of sp³-hybridized carbons (Fsp3) is 0.667. The summed E-state index contributed by atoms with van der Waals surface area (Å²) in [5.41, 5.74) is -0.968.